The minimum Gasteiger partial charge on any atom is -0.330 e. The largest absolute Gasteiger partial charge is 0.330 e. The lowest BCUT2D eigenvalue weighted by Gasteiger charge is -2.44. The van der Waals surface area contributed by atoms with Crippen molar-refractivity contribution in [2.45, 2.75) is 56.7 Å². The molecule has 0 saturated carbocycles. The third-order valence-electron chi connectivity index (χ3n) is 5.47. The third-order valence-corrected chi connectivity index (χ3v) is 5.47. The lowest BCUT2D eigenvalue weighted by molar-refractivity contribution is 0.0493. The predicted molar refractivity (Wildman–Crippen MR) is 70.9 cm³/mol. The van der Waals surface area contributed by atoms with Crippen molar-refractivity contribution in [1.29, 1.82) is 0 Å². The molecule has 0 aromatic carbocycles. The smallest absolute Gasteiger partial charge is 0.0125 e. The molecule has 0 radical (unpaired) electrons. The molecular weight excluding hydrogens is 210 g/mol. The zero-order valence-corrected chi connectivity index (χ0v) is 11.1. The molecule has 0 aromatic rings. The second kappa shape index (κ2) is 4.87. The van der Waals surface area contributed by atoms with Gasteiger partial charge in [0, 0.05) is 24.7 Å². The maximum absolute atomic E-state index is 5.85. The first-order valence-electron chi connectivity index (χ1n) is 7.44. The monoisotopic (exact) mass is 237 g/mol. The van der Waals surface area contributed by atoms with E-state index in [2.05, 4.69) is 16.8 Å². The second-order valence-electron chi connectivity index (χ2n) is 6.41. The van der Waals surface area contributed by atoms with Gasteiger partial charge >= 0.3 is 0 Å². The van der Waals surface area contributed by atoms with Crippen molar-refractivity contribution in [3.8, 4) is 0 Å². The molecule has 3 nitrogen and oxygen atoms in total. The molecule has 3 atom stereocenters. The Morgan fingerprint density at radius 1 is 1.06 bits per heavy atom. The van der Waals surface area contributed by atoms with Crippen LogP contribution in [0.15, 0.2) is 0 Å². The van der Waals surface area contributed by atoms with Gasteiger partial charge in [0.25, 0.3) is 0 Å². The van der Waals surface area contributed by atoms with Crippen LogP contribution in [0, 0.1) is 5.92 Å². The molecule has 0 spiro atoms. The van der Waals surface area contributed by atoms with Gasteiger partial charge in [-0.1, -0.05) is 0 Å². The van der Waals surface area contributed by atoms with Gasteiger partial charge in [-0.25, -0.2) is 0 Å². The van der Waals surface area contributed by atoms with E-state index in [4.69, 9.17) is 5.73 Å². The number of nitrogens with two attached hydrogens (primary N) is 1. The van der Waals surface area contributed by atoms with Gasteiger partial charge < -0.3 is 10.6 Å². The molecule has 3 aliphatic rings. The van der Waals surface area contributed by atoms with Crippen LogP contribution in [-0.4, -0.2) is 54.6 Å². The number of hydrogen-bond acceptors (Lipinski definition) is 3. The molecule has 3 fully saturated rings. The van der Waals surface area contributed by atoms with E-state index in [0.717, 1.165) is 30.6 Å². The van der Waals surface area contributed by atoms with Crippen molar-refractivity contribution in [3.63, 3.8) is 0 Å². The van der Waals surface area contributed by atoms with Gasteiger partial charge in [-0.2, -0.15) is 0 Å². The van der Waals surface area contributed by atoms with Crippen molar-refractivity contribution in [1.82, 2.24) is 9.80 Å². The highest BCUT2D eigenvalue weighted by atomic mass is 15.2. The first-order chi connectivity index (χ1) is 8.28. The molecule has 3 unspecified atom stereocenters. The summed E-state index contributed by atoms with van der Waals surface area (Å²) in [5.74, 6) is 0.765. The van der Waals surface area contributed by atoms with Crippen molar-refractivity contribution in [3.05, 3.63) is 0 Å². The number of likely N-dealkylation sites (tertiary alicyclic amines) is 1. The quantitative estimate of drug-likeness (QED) is 0.785. The summed E-state index contributed by atoms with van der Waals surface area (Å²) >= 11 is 0. The summed E-state index contributed by atoms with van der Waals surface area (Å²) in [6.45, 7) is 3.48. The fraction of sp³-hybridized carbons (Fsp3) is 1.00. The van der Waals surface area contributed by atoms with Crippen LogP contribution in [-0.2, 0) is 0 Å². The highest BCUT2D eigenvalue weighted by Gasteiger charge is 2.40. The summed E-state index contributed by atoms with van der Waals surface area (Å²) in [5.41, 5.74) is 5.85. The number of fused-ring (bicyclic) bond motifs is 2. The summed E-state index contributed by atoms with van der Waals surface area (Å²) in [4.78, 5) is 5.40. The first-order valence-corrected chi connectivity index (χ1v) is 7.44. The first kappa shape index (κ1) is 11.9. The fourth-order valence-electron chi connectivity index (χ4n) is 4.30. The normalized spacial score (nSPS) is 44.1. The van der Waals surface area contributed by atoms with Crippen molar-refractivity contribution in [2.75, 3.05) is 26.7 Å². The highest BCUT2D eigenvalue weighted by molar-refractivity contribution is 4.97. The maximum atomic E-state index is 5.85. The fourth-order valence-corrected chi connectivity index (χ4v) is 4.30. The van der Waals surface area contributed by atoms with Crippen LogP contribution in [0.25, 0.3) is 0 Å². The number of nitrogens with zero attached hydrogens (tertiary/aromatic N) is 2. The van der Waals surface area contributed by atoms with Crippen molar-refractivity contribution in [2.24, 2.45) is 11.7 Å². The van der Waals surface area contributed by atoms with Crippen LogP contribution >= 0.6 is 0 Å². The van der Waals surface area contributed by atoms with Crippen LogP contribution in [0.3, 0.4) is 0 Å². The van der Waals surface area contributed by atoms with Gasteiger partial charge in [0.1, 0.15) is 0 Å². The number of rotatable bonds is 2. The zero-order chi connectivity index (χ0) is 11.8. The minimum atomic E-state index is 0.765. The van der Waals surface area contributed by atoms with Crippen LogP contribution in [0.2, 0.25) is 0 Å². The van der Waals surface area contributed by atoms with Gasteiger partial charge in [-0.15, -0.1) is 0 Å². The molecule has 2 N–H and O–H groups in total. The van der Waals surface area contributed by atoms with E-state index >= 15 is 0 Å². The zero-order valence-electron chi connectivity index (χ0n) is 11.1. The Balaban J connectivity index is 1.62. The molecule has 3 rings (SSSR count). The molecule has 3 heterocycles. The number of piperidine rings is 2. The molecule has 3 aliphatic heterocycles. The van der Waals surface area contributed by atoms with Crippen molar-refractivity contribution < 1.29 is 0 Å². The molecule has 3 heteroatoms. The Morgan fingerprint density at radius 2 is 1.76 bits per heavy atom. The molecule has 3 saturated heterocycles. The van der Waals surface area contributed by atoms with Crippen LogP contribution in [0.4, 0.5) is 0 Å². The van der Waals surface area contributed by atoms with E-state index in [1.54, 1.807) is 0 Å². The molecular formula is C14H27N3. The Hall–Kier alpha value is -0.120. The molecule has 98 valence electrons. The topological polar surface area (TPSA) is 32.5 Å². The Kier molecular flexibility index (Phi) is 3.42. The standard InChI is InChI=1S/C14H27N3/c1-16-12-4-5-13(16)8-14(7-12)17-6-2-3-11(9-15)10-17/h11-14H,2-10,15H2,1H3. The summed E-state index contributed by atoms with van der Waals surface area (Å²) in [7, 11) is 2.33. The molecule has 0 amide bonds. The van der Waals surface area contributed by atoms with Crippen LogP contribution in [0.1, 0.15) is 38.5 Å². The molecule has 17 heavy (non-hydrogen) atoms. The summed E-state index contributed by atoms with van der Waals surface area (Å²) in [6.07, 6.45) is 8.41. The van der Waals surface area contributed by atoms with Gasteiger partial charge in [0.15, 0.2) is 0 Å². The molecule has 0 aromatic heterocycles. The van der Waals surface area contributed by atoms with E-state index in [0.29, 0.717) is 0 Å². The van der Waals surface area contributed by atoms with E-state index in [9.17, 15) is 0 Å². The lowest BCUT2D eigenvalue weighted by atomic mass is 9.91. The number of hydrogen-bond donors (Lipinski definition) is 1. The van der Waals surface area contributed by atoms with Crippen LogP contribution < -0.4 is 5.73 Å². The second-order valence-corrected chi connectivity index (χ2v) is 6.41. The Morgan fingerprint density at radius 3 is 2.41 bits per heavy atom. The van der Waals surface area contributed by atoms with E-state index in [-0.39, 0.29) is 0 Å². The highest BCUT2D eigenvalue weighted by Crippen LogP contribution is 2.37. The summed E-state index contributed by atoms with van der Waals surface area (Å²) in [6, 6.07) is 2.60. The minimum absolute atomic E-state index is 0.765. The third kappa shape index (κ3) is 2.25. The van der Waals surface area contributed by atoms with E-state index in [1.807, 2.05) is 0 Å². The van der Waals surface area contributed by atoms with Gasteiger partial charge in [-0.3, -0.25) is 4.90 Å². The van der Waals surface area contributed by atoms with Crippen LogP contribution in [0.5, 0.6) is 0 Å². The Labute approximate surface area is 105 Å². The summed E-state index contributed by atoms with van der Waals surface area (Å²) in [5, 5.41) is 0. The van der Waals surface area contributed by atoms with Crippen molar-refractivity contribution >= 4 is 0 Å². The van der Waals surface area contributed by atoms with E-state index < -0.39 is 0 Å². The van der Waals surface area contributed by atoms with Gasteiger partial charge in [-0.05, 0) is 64.6 Å². The Bertz CT molecular complexity index is 254. The average molecular weight is 237 g/mol. The molecule has 0 aliphatic carbocycles. The summed E-state index contributed by atoms with van der Waals surface area (Å²) < 4.78 is 0. The van der Waals surface area contributed by atoms with E-state index in [1.165, 1.54) is 51.6 Å². The SMILES string of the molecule is CN1C2CCC1CC(N1CCCC(CN)C1)C2. The lowest BCUT2D eigenvalue weighted by Crippen LogP contribution is -2.52. The maximum Gasteiger partial charge on any atom is 0.0125 e. The average Bonchev–Trinajstić information content (AvgIpc) is 2.61. The van der Waals surface area contributed by atoms with Gasteiger partial charge in [0.2, 0.25) is 0 Å². The molecule has 2 bridgehead atoms. The van der Waals surface area contributed by atoms with Gasteiger partial charge in [0.05, 0.1) is 0 Å². The predicted octanol–water partition coefficient (Wildman–Crippen LogP) is 1.28.